The largest absolute Gasteiger partial charge is 0.469 e. The number of piperidine rings is 1. The van der Waals surface area contributed by atoms with Crippen LogP contribution in [0.4, 0.5) is 0 Å². The summed E-state index contributed by atoms with van der Waals surface area (Å²) in [6.45, 7) is 6.76. The highest BCUT2D eigenvalue weighted by atomic mass is 32.1. The van der Waals surface area contributed by atoms with E-state index in [1.165, 1.54) is 12.0 Å². The Hall–Kier alpha value is -2.51. The molecule has 1 unspecified atom stereocenters. The third kappa shape index (κ3) is 3.79. The first-order valence-electron chi connectivity index (χ1n) is 10.3. The van der Waals surface area contributed by atoms with Crippen LogP contribution in [-0.2, 0) is 20.9 Å². The van der Waals surface area contributed by atoms with E-state index in [9.17, 15) is 9.59 Å². The minimum Gasteiger partial charge on any atom is -0.469 e. The van der Waals surface area contributed by atoms with Crippen molar-refractivity contribution in [2.24, 2.45) is 5.92 Å². The van der Waals surface area contributed by atoms with Crippen LogP contribution >= 0.6 is 11.3 Å². The predicted octanol–water partition coefficient (Wildman–Crippen LogP) is 3.35. The summed E-state index contributed by atoms with van der Waals surface area (Å²) < 4.78 is 5.04. The number of nitrogens with zero attached hydrogens (tertiary/aromatic N) is 3. The Kier molecular flexibility index (Phi) is 6.01. The SMILES string of the molecule is C=CCN1C(=O)CC(C(=O)OC)C12CCN(Cc1cnc(-c3ccccc3)s1)CC2. The van der Waals surface area contributed by atoms with Crippen LogP contribution in [0, 0.1) is 5.92 Å². The van der Waals surface area contributed by atoms with Crippen molar-refractivity contribution in [3.8, 4) is 10.6 Å². The molecule has 1 amide bonds. The lowest BCUT2D eigenvalue weighted by molar-refractivity contribution is -0.150. The molecule has 0 saturated carbocycles. The molecule has 2 aliphatic rings. The van der Waals surface area contributed by atoms with Gasteiger partial charge >= 0.3 is 5.97 Å². The second kappa shape index (κ2) is 8.70. The number of rotatable bonds is 6. The molecule has 0 radical (unpaired) electrons. The topological polar surface area (TPSA) is 62.7 Å². The van der Waals surface area contributed by atoms with E-state index in [-0.39, 0.29) is 18.3 Å². The Balaban J connectivity index is 1.45. The molecular weight excluding hydrogens is 398 g/mol. The van der Waals surface area contributed by atoms with Gasteiger partial charge in [-0.25, -0.2) is 4.98 Å². The maximum absolute atomic E-state index is 12.6. The van der Waals surface area contributed by atoms with E-state index in [1.54, 1.807) is 17.4 Å². The van der Waals surface area contributed by atoms with Gasteiger partial charge < -0.3 is 9.64 Å². The van der Waals surface area contributed by atoms with Gasteiger partial charge in [-0.15, -0.1) is 17.9 Å². The lowest BCUT2D eigenvalue weighted by atomic mass is 9.76. The molecule has 0 N–H and O–H groups in total. The zero-order valence-corrected chi connectivity index (χ0v) is 18.1. The van der Waals surface area contributed by atoms with Gasteiger partial charge in [0.2, 0.25) is 5.91 Å². The van der Waals surface area contributed by atoms with Crippen LogP contribution in [-0.4, -0.2) is 58.9 Å². The number of carbonyl (C=O) groups excluding carboxylic acids is 2. The van der Waals surface area contributed by atoms with Crippen molar-refractivity contribution in [1.29, 1.82) is 0 Å². The van der Waals surface area contributed by atoms with Crippen molar-refractivity contribution >= 4 is 23.2 Å². The molecule has 2 saturated heterocycles. The van der Waals surface area contributed by atoms with Crippen LogP contribution in [0.25, 0.3) is 10.6 Å². The summed E-state index contributed by atoms with van der Waals surface area (Å²) in [6.07, 6.45) is 5.45. The Morgan fingerprint density at radius 2 is 2.07 bits per heavy atom. The van der Waals surface area contributed by atoms with E-state index in [2.05, 4.69) is 28.6 Å². The Morgan fingerprint density at radius 1 is 1.33 bits per heavy atom. The van der Waals surface area contributed by atoms with Gasteiger partial charge in [-0.1, -0.05) is 36.4 Å². The molecule has 1 atom stereocenters. The number of methoxy groups -OCH3 is 1. The molecule has 3 heterocycles. The summed E-state index contributed by atoms with van der Waals surface area (Å²) in [5, 5.41) is 1.03. The van der Waals surface area contributed by atoms with Crippen LogP contribution < -0.4 is 0 Å². The van der Waals surface area contributed by atoms with Crippen molar-refractivity contribution in [3.05, 3.63) is 54.1 Å². The lowest BCUT2D eigenvalue weighted by Gasteiger charge is -2.46. The number of likely N-dealkylation sites (tertiary alicyclic amines) is 2. The zero-order valence-electron chi connectivity index (χ0n) is 17.3. The van der Waals surface area contributed by atoms with Crippen LogP contribution in [0.5, 0.6) is 0 Å². The average Bonchev–Trinajstić information content (AvgIpc) is 3.34. The number of ether oxygens (including phenoxy) is 1. The highest BCUT2D eigenvalue weighted by molar-refractivity contribution is 7.15. The number of hydrogen-bond acceptors (Lipinski definition) is 6. The van der Waals surface area contributed by atoms with Crippen molar-refractivity contribution in [2.75, 3.05) is 26.7 Å². The first-order chi connectivity index (χ1) is 14.6. The minimum absolute atomic E-state index is 0.0220. The number of esters is 1. The molecule has 7 heteroatoms. The van der Waals surface area contributed by atoms with Crippen LogP contribution in [0.2, 0.25) is 0 Å². The fourth-order valence-corrected chi connectivity index (χ4v) is 5.76. The van der Waals surface area contributed by atoms with E-state index >= 15 is 0 Å². The van der Waals surface area contributed by atoms with Crippen molar-refractivity contribution in [2.45, 2.75) is 31.3 Å². The molecule has 1 spiro atoms. The van der Waals surface area contributed by atoms with E-state index in [1.807, 2.05) is 29.3 Å². The Morgan fingerprint density at radius 3 is 2.73 bits per heavy atom. The summed E-state index contributed by atoms with van der Waals surface area (Å²) in [7, 11) is 1.40. The third-order valence-electron chi connectivity index (χ3n) is 6.34. The molecule has 30 heavy (non-hydrogen) atoms. The molecular formula is C23H27N3O3S. The number of benzene rings is 1. The number of hydrogen-bond donors (Lipinski definition) is 0. The fourth-order valence-electron chi connectivity index (χ4n) is 4.80. The Labute approximate surface area is 181 Å². The Bertz CT molecular complexity index is 919. The summed E-state index contributed by atoms with van der Waals surface area (Å²) in [5.74, 6) is -0.655. The third-order valence-corrected chi connectivity index (χ3v) is 7.37. The second-order valence-electron chi connectivity index (χ2n) is 7.95. The standard InChI is InChI=1S/C23H27N3O3S/c1-3-11-26-20(27)14-19(22(28)29-2)23(26)9-12-25(13-10-23)16-18-15-24-21(30-18)17-7-5-4-6-8-17/h3-8,15,19H,1,9-14,16H2,2H3. The number of carbonyl (C=O) groups is 2. The van der Waals surface area contributed by atoms with Gasteiger partial charge in [-0.2, -0.15) is 0 Å². The van der Waals surface area contributed by atoms with Crippen molar-refractivity contribution in [1.82, 2.24) is 14.8 Å². The van der Waals surface area contributed by atoms with Gasteiger partial charge in [0.1, 0.15) is 5.01 Å². The van der Waals surface area contributed by atoms with Crippen molar-refractivity contribution in [3.63, 3.8) is 0 Å². The summed E-state index contributed by atoms with van der Waals surface area (Å²) in [6, 6.07) is 10.2. The number of amides is 1. The molecule has 2 aromatic rings. The molecule has 2 aliphatic heterocycles. The molecule has 2 fully saturated rings. The highest BCUT2D eigenvalue weighted by Crippen LogP contribution is 2.44. The second-order valence-corrected chi connectivity index (χ2v) is 9.07. The van der Waals surface area contributed by atoms with Crippen LogP contribution in [0.15, 0.2) is 49.2 Å². The van der Waals surface area contributed by atoms with E-state index < -0.39 is 11.5 Å². The van der Waals surface area contributed by atoms with Gasteiger partial charge in [0.05, 0.1) is 18.6 Å². The van der Waals surface area contributed by atoms with E-state index in [4.69, 9.17) is 4.74 Å². The highest BCUT2D eigenvalue weighted by Gasteiger charge is 2.56. The predicted molar refractivity (Wildman–Crippen MR) is 117 cm³/mol. The van der Waals surface area contributed by atoms with Gasteiger partial charge in [0.25, 0.3) is 0 Å². The van der Waals surface area contributed by atoms with Gasteiger partial charge in [-0.05, 0) is 12.8 Å². The monoisotopic (exact) mass is 425 g/mol. The summed E-state index contributed by atoms with van der Waals surface area (Å²) >= 11 is 1.72. The zero-order chi connectivity index (χ0) is 21.1. The van der Waals surface area contributed by atoms with E-state index in [0.29, 0.717) is 6.54 Å². The first-order valence-corrected chi connectivity index (χ1v) is 11.1. The smallest absolute Gasteiger partial charge is 0.311 e. The lowest BCUT2D eigenvalue weighted by Crippen LogP contribution is -2.57. The molecule has 1 aromatic heterocycles. The maximum atomic E-state index is 12.6. The minimum atomic E-state index is -0.461. The van der Waals surface area contributed by atoms with Gasteiger partial charge in [-0.3, -0.25) is 14.5 Å². The number of thiazole rings is 1. The maximum Gasteiger partial charge on any atom is 0.311 e. The quantitative estimate of drug-likeness (QED) is 0.525. The van der Waals surface area contributed by atoms with Crippen LogP contribution in [0.1, 0.15) is 24.1 Å². The average molecular weight is 426 g/mol. The molecule has 158 valence electrons. The van der Waals surface area contributed by atoms with Crippen molar-refractivity contribution < 1.29 is 14.3 Å². The normalized spacial score (nSPS) is 21.2. The number of aromatic nitrogens is 1. The molecule has 4 rings (SSSR count). The van der Waals surface area contributed by atoms with Gasteiger partial charge in [0.15, 0.2) is 0 Å². The van der Waals surface area contributed by atoms with Gasteiger partial charge in [0, 0.05) is 49.2 Å². The molecule has 0 aliphatic carbocycles. The summed E-state index contributed by atoms with van der Waals surface area (Å²) in [4.78, 5) is 35.1. The summed E-state index contributed by atoms with van der Waals surface area (Å²) in [5.41, 5.74) is 0.675. The molecule has 0 bridgehead atoms. The fraction of sp³-hybridized carbons (Fsp3) is 0.435. The van der Waals surface area contributed by atoms with E-state index in [0.717, 1.165) is 43.0 Å². The molecule has 6 nitrogen and oxygen atoms in total. The first kappa shape index (κ1) is 20.8. The van der Waals surface area contributed by atoms with Crippen LogP contribution in [0.3, 0.4) is 0 Å². The molecule has 1 aromatic carbocycles.